The summed E-state index contributed by atoms with van der Waals surface area (Å²) in [5.74, 6) is -0.949. The van der Waals surface area contributed by atoms with Crippen LogP contribution in [0.25, 0.3) is 10.8 Å². The van der Waals surface area contributed by atoms with Gasteiger partial charge in [0.25, 0.3) is 11.8 Å². The fourth-order valence-electron chi connectivity index (χ4n) is 3.45. The molecule has 8 heteroatoms. The molecule has 0 radical (unpaired) electrons. The number of amides is 2. The van der Waals surface area contributed by atoms with Crippen LogP contribution in [0.1, 0.15) is 20.7 Å². The lowest BCUT2D eigenvalue weighted by atomic mass is 9.92. The minimum atomic E-state index is -3.87. The highest BCUT2D eigenvalue weighted by Crippen LogP contribution is 2.36. The van der Waals surface area contributed by atoms with Gasteiger partial charge in [-0.05, 0) is 42.5 Å². The topological polar surface area (TPSA) is 110 Å². The number of hydrogen-bond donors (Lipinski definition) is 2. The van der Waals surface area contributed by atoms with Crippen molar-refractivity contribution in [3.63, 3.8) is 0 Å². The summed E-state index contributed by atoms with van der Waals surface area (Å²) in [6, 6.07) is 14.1. The average molecular weight is 407 g/mol. The molecule has 7 nitrogen and oxygen atoms in total. The van der Waals surface area contributed by atoms with Crippen molar-refractivity contribution in [1.29, 1.82) is 0 Å². The van der Waals surface area contributed by atoms with Gasteiger partial charge in [-0.3, -0.25) is 9.59 Å². The zero-order valence-corrected chi connectivity index (χ0v) is 16.1. The molecule has 0 saturated heterocycles. The molecule has 1 aliphatic heterocycles. The van der Waals surface area contributed by atoms with E-state index in [0.29, 0.717) is 23.1 Å². The van der Waals surface area contributed by atoms with Crippen LogP contribution in [0.4, 0.5) is 11.4 Å². The van der Waals surface area contributed by atoms with E-state index >= 15 is 0 Å². The molecule has 0 saturated carbocycles. The Kier molecular flexibility index (Phi) is 4.45. The monoisotopic (exact) mass is 407 g/mol. The zero-order chi connectivity index (χ0) is 20.8. The zero-order valence-electron chi connectivity index (χ0n) is 15.3. The van der Waals surface area contributed by atoms with E-state index < -0.39 is 21.8 Å². The van der Waals surface area contributed by atoms with Crippen molar-refractivity contribution < 1.29 is 18.0 Å². The Morgan fingerprint density at radius 2 is 1.62 bits per heavy atom. The van der Waals surface area contributed by atoms with E-state index in [4.69, 9.17) is 5.14 Å². The van der Waals surface area contributed by atoms with Crippen molar-refractivity contribution in [1.82, 2.24) is 0 Å². The fourth-order valence-corrected chi connectivity index (χ4v) is 3.97. The number of benzene rings is 3. The fraction of sp³-hybridized carbons (Fsp3) is 0.0476. The van der Waals surface area contributed by atoms with Crippen molar-refractivity contribution >= 4 is 44.0 Å². The number of primary sulfonamides is 1. The maximum atomic E-state index is 13.1. The van der Waals surface area contributed by atoms with Gasteiger partial charge in [0.15, 0.2) is 0 Å². The molecule has 3 aromatic carbocycles. The lowest BCUT2D eigenvalue weighted by Crippen LogP contribution is -2.40. The number of sulfonamides is 1. The molecule has 3 N–H and O–H groups in total. The highest BCUT2D eigenvalue weighted by molar-refractivity contribution is 7.89. The van der Waals surface area contributed by atoms with Crippen molar-refractivity contribution in [2.45, 2.75) is 4.90 Å². The first-order valence-electron chi connectivity index (χ1n) is 8.75. The molecule has 3 aromatic rings. The molecule has 0 unspecified atom stereocenters. The van der Waals surface area contributed by atoms with Gasteiger partial charge in [0.1, 0.15) is 0 Å². The van der Waals surface area contributed by atoms with Crippen molar-refractivity contribution in [3.05, 3.63) is 78.4 Å². The number of rotatable bonds is 5. The van der Waals surface area contributed by atoms with Crippen LogP contribution in [0.3, 0.4) is 0 Å². The number of imide groups is 1. The number of anilines is 2. The van der Waals surface area contributed by atoms with Crippen LogP contribution in [-0.2, 0) is 10.0 Å². The molecule has 0 atom stereocenters. The summed E-state index contributed by atoms with van der Waals surface area (Å²) < 4.78 is 22.9. The van der Waals surface area contributed by atoms with E-state index in [1.807, 2.05) is 6.07 Å². The number of nitrogens with one attached hydrogen (secondary N) is 1. The van der Waals surface area contributed by atoms with Gasteiger partial charge >= 0.3 is 0 Å². The molecule has 1 heterocycles. The van der Waals surface area contributed by atoms with E-state index in [1.165, 1.54) is 24.3 Å². The lowest BCUT2D eigenvalue weighted by Gasteiger charge is -2.28. The second-order valence-electron chi connectivity index (χ2n) is 6.54. The van der Waals surface area contributed by atoms with Crippen LogP contribution in [0.15, 0.2) is 72.1 Å². The van der Waals surface area contributed by atoms with Gasteiger partial charge in [-0.15, -0.1) is 6.58 Å². The lowest BCUT2D eigenvalue weighted by molar-refractivity contribution is 0.0893. The third kappa shape index (κ3) is 3.08. The predicted octanol–water partition coefficient (Wildman–Crippen LogP) is 2.89. The summed E-state index contributed by atoms with van der Waals surface area (Å²) in [5.41, 5.74) is 1.87. The van der Waals surface area contributed by atoms with E-state index in [-0.39, 0.29) is 10.6 Å². The van der Waals surface area contributed by atoms with Crippen LogP contribution in [0, 0.1) is 0 Å². The summed E-state index contributed by atoms with van der Waals surface area (Å²) in [5, 5.41) is 9.69. The Morgan fingerprint density at radius 1 is 0.966 bits per heavy atom. The normalized spacial score (nSPS) is 13.6. The number of hydrogen-bond acceptors (Lipinski definition) is 5. The van der Waals surface area contributed by atoms with E-state index in [1.54, 1.807) is 30.3 Å². The standard InChI is InChI=1S/C21H17N3O4S/c1-2-12-23-18-11-10-17-19-15(18)4-3-5-16(19)20(25)24(21(17)26)13-6-8-14(9-7-13)29(22,27)28/h2-11,23H,1,12H2,(H2,22,27,28). The summed E-state index contributed by atoms with van der Waals surface area (Å²) in [7, 11) is -3.87. The van der Waals surface area contributed by atoms with Gasteiger partial charge in [0.05, 0.1) is 10.6 Å². The molecule has 1 aliphatic rings. The molecule has 0 aromatic heterocycles. The van der Waals surface area contributed by atoms with Crippen molar-refractivity contribution in [2.75, 3.05) is 16.8 Å². The smallest absolute Gasteiger partial charge is 0.265 e. The van der Waals surface area contributed by atoms with Crippen LogP contribution < -0.4 is 15.4 Å². The molecule has 2 amide bonds. The highest BCUT2D eigenvalue weighted by atomic mass is 32.2. The van der Waals surface area contributed by atoms with Crippen LogP contribution >= 0.6 is 0 Å². The van der Waals surface area contributed by atoms with E-state index in [9.17, 15) is 18.0 Å². The minimum Gasteiger partial charge on any atom is -0.381 e. The van der Waals surface area contributed by atoms with Crippen molar-refractivity contribution in [3.8, 4) is 0 Å². The summed E-state index contributed by atoms with van der Waals surface area (Å²) in [4.78, 5) is 27.2. The maximum Gasteiger partial charge on any atom is 0.265 e. The Labute approximate surface area is 167 Å². The van der Waals surface area contributed by atoms with Gasteiger partial charge in [-0.1, -0.05) is 18.2 Å². The van der Waals surface area contributed by atoms with Gasteiger partial charge in [-0.25, -0.2) is 18.5 Å². The second kappa shape index (κ2) is 6.84. The number of carbonyl (C=O) groups is 2. The Morgan fingerprint density at radius 3 is 2.24 bits per heavy atom. The average Bonchev–Trinajstić information content (AvgIpc) is 2.70. The largest absolute Gasteiger partial charge is 0.381 e. The third-order valence-electron chi connectivity index (χ3n) is 4.77. The van der Waals surface area contributed by atoms with Gasteiger partial charge < -0.3 is 5.32 Å². The first-order chi connectivity index (χ1) is 13.8. The molecule has 146 valence electrons. The maximum absolute atomic E-state index is 13.1. The first kappa shape index (κ1) is 18.9. The number of nitrogens with two attached hydrogens (primary N) is 1. The number of carbonyl (C=O) groups excluding carboxylic acids is 2. The van der Waals surface area contributed by atoms with Crippen LogP contribution in [0.5, 0.6) is 0 Å². The SMILES string of the molecule is C=CCNc1ccc2c3c(cccc13)C(=O)N(c1ccc(S(N)(=O)=O)cc1)C2=O. The quantitative estimate of drug-likeness (QED) is 0.499. The van der Waals surface area contributed by atoms with E-state index in [0.717, 1.165) is 16.0 Å². The highest BCUT2D eigenvalue weighted by Gasteiger charge is 2.34. The van der Waals surface area contributed by atoms with Gasteiger partial charge in [0.2, 0.25) is 10.0 Å². The number of nitrogens with zero attached hydrogens (tertiary/aromatic N) is 1. The summed E-state index contributed by atoms with van der Waals surface area (Å²) in [6.45, 7) is 4.23. The first-order valence-corrected chi connectivity index (χ1v) is 10.3. The van der Waals surface area contributed by atoms with Crippen LogP contribution in [0.2, 0.25) is 0 Å². The molecule has 29 heavy (non-hydrogen) atoms. The summed E-state index contributed by atoms with van der Waals surface area (Å²) >= 11 is 0. The molecule has 0 aliphatic carbocycles. The Balaban J connectivity index is 1.84. The predicted molar refractivity (Wildman–Crippen MR) is 112 cm³/mol. The Hall–Kier alpha value is -3.49. The Bertz CT molecular complexity index is 1260. The molecule has 0 spiro atoms. The van der Waals surface area contributed by atoms with Crippen LogP contribution in [-0.4, -0.2) is 26.8 Å². The molecular formula is C21H17N3O4S. The summed E-state index contributed by atoms with van der Waals surface area (Å²) in [6.07, 6.45) is 1.72. The third-order valence-corrected chi connectivity index (χ3v) is 5.70. The van der Waals surface area contributed by atoms with Crippen molar-refractivity contribution in [2.24, 2.45) is 5.14 Å². The van der Waals surface area contributed by atoms with E-state index in [2.05, 4.69) is 11.9 Å². The molecule has 0 fully saturated rings. The van der Waals surface area contributed by atoms with Gasteiger partial charge in [-0.2, -0.15) is 0 Å². The second-order valence-corrected chi connectivity index (χ2v) is 8.10. The molecule has 0 bridgehead atoms. The molecular weight excluding hydrogens is 390 g/mol. The minimum absolute atomic E-state index is 0.0985. The molecule has 4 rings (SSSR count). The van der Waals surface area contributed by atoms with Gasteiger partial charge in [0, 0.05) is 34.1 Å².